The fourth-order valence-electron chi connectivity index (χ4n) is 2.97. The van der Waals surface area contributed by atoms with Crippen molar-refractivity contribution in [2.75, 3.05) is 23.0 Å². The van der Waals surface area contributed by atoms with Crippen LogP contribution >= 0.6 is 0 Å². The molecule has 0 fully saturated rings. The predicted molar refractivity (Wildman–Crippen MR) is 113 cm³/mol. The van der Waals surface area contributed by atoms with E-state index in [9.17, 15) is 9.18 Å². The summed E-state index contributed by atoms with van der Waals surface area (Å²) in [6.07, 6.45) is 0.721. The monoisotopic (exact) mass is 400 g/mol. The highest BCUT2D eigenvalue weighted by atomic mass is 19.1. The Kier molecular flexibility index (Phi) is 5.83. The molecule has 3 rings (SSSR count). The Balaban J connectivity index is 1.98. The molecule has 0 spiro atoms. The van der Waals surface area contributed by atoms with Gasteiger partial charge in [-0.25, -0.2) is 9.37 Å². The molecule has 29 heavy (non-hydrogen) atoms. The van der Waals surface area contributed by atoms with Gasteiger partial charge < -0.3 is 27.4 Å². The largest absolute Gasteiger partial charge is 0.371 e. The molecule has 0 saturated carbocycles. The number of H-pyrrole nitrogens is 1. The second-order valence-electron chi connectivity index (χ2n) is 6.79. The molecule has 3 aromatic rings. The molecular formula is C19H25FN8O. The second-order valence-corrected chi connectivity index (χ2v) is 6.79. The molecule has 1 aromatic carbocycles. The third kappa shape index (κ3) is 4.21. The lowest BCUT2D eigenvalue weighted by molar-refractivity contribution is 0.100. The number of nitrogens with zero attached hydrogens (tertiary/aromatic N) is 2. The summed E-state index contributed by atoms with van der Waals surface area (Å²) in [6.45, 7) is 3.79. The number of aromatic nitrogens is 3. The Labute approximate surface area is 167 Å². The summed E-state index contributed by atoms with van der Waals surface area (Å²) >= 11 is 0. The molecule has 2 heterocycles. The fraction of sp³-hybridized carbons (Fsp3) is 0.316. The highest BCUT2D eigenvalue weighted by Gasteiger charge is 2.19. The number of carbonyl (C=O) groups is 1. The summed E-state index contributed by atoms with van der Waals surface area (Å²) in [5.41, 5.74) is 12.9. The van der Waals surface area contributed by atoms with E-state index in [1.165, 1.54) is 0 Å². The van der Waals surface area contributed by atoms with E-state index in [-0.39, 0.29) is 29.3 Å². The number of hydrogen-bond donors (Lipinski definition) is 6. The van der Waals surface area contributed by atoms with Gasteiger partial charge >= 0.3 is 0 Å². The smallest absolute Gasteiger partial charge is 0.252 e. The number of anilines is 4. The minimum atomic E-state index is -0.788. The third-order valence-electron chi connectivity index (χ3n) is 4.78. The fourth-order valence-corrected chi connectivity index (χ4v) is 2.97. The third-order valence-corrected chi connectivity index (χ3v) is 4.78. The van der Waals surface area contributed by atoms with Crippen molar-refractivity contribution in [1.82, 2.24) is 15.2 Å². The van der Waals surface area contributed by atoms with Crippen LogP contribution in [0.1, 0.15) is 30.6 Å². The van der Waals surface area contributed by atoms with Crippen LogP contribution in [0.3, 0.4) is 0 Å². The number of nitrogens with two attached hydrogens (primary N) is 2. The van der Waals surface area contributed by atoms with E-state index in [2.05, 4.69) is 31.1 Å². The Bertz CT molecular complexity index is 1030. The van der Waals surface area contributed by atoms with E-state index < -0.39 is 11.7 Å². The quantitative estimate of drug-likeness (QED) is 0.340. The summed E-state index contributed by atoms with van der Waals surface area (Å²) in [6, 6.07) is 6.14. The van der Waals surface area contributed by atoms with E-state index in [0.29, 0.717) is 11.5 Å². The molecule has 0 unspecified atom stereocenters. The number of carbonyl (C=O) groups excluding carboxylic acids is 1. The SMILES string of the molecule is CC[C@H](N)[C@@H](C)Nc1nc(Nc2ccc3[nH]nc(NC)c3c2)c(C(N)=O)cc1F. The van der Waals surface area contributed by atoms with Crippen LogP contribution in [0.2, 0.25) is 0 Å². The van der Waals surface area contributed by atoms with Crippen molar-refractivity contribution in [2.45, 2.75) is 32.4 Å². The lowest BCUT2D eigenvalue weighted by Crippen LogP contribution is -2.38. The van der Waals surface area contributed by atoms with Gasteiger partial charge in [0, 0.05) is 30.2 Å². The van der Waals surface area contributed by atoms with Crippen molar-refractivity contribution in [3.05, 3.63) is 35.6 Å². The number of hydrogen-bond acceptors (Lipinski definition) is 7. The van der Waals surface area contributed by atoms with Gasteiger partial charge in [0.05, 0.1) is 11.1 Å². The number of pyridine rings is 1. The number of fused-ring (bicyclic) bond motifs is 1. The highest BCUT2D eigenvalue weighted by Crippen LogP contribution is 2.28. The molecule has 0 aliphatic heterocycles. The Morgan fingerprint density at radius 3 is 2.69 bits per heavy atom. The van der Waals surface area contributed by atoms with Gasteiger partial charge in [-0.2, -0.15) is 5.10 Å². The molecule has 0 aliphatic rings. The van der Waals surface area contributed by atoms with Gasteiger partial charge in [-0.15, -0.1) is 0 Å². The number of amides is 1. The molecule has 2 atom stereocenters. The maximum absolute atomic E-state index is 14.5. The number of primary amides is 1. The van der Waals surface area contributed by atoms with E-state index in [4.69, 9.17) is 11.5 Å². The van der Waals surface area contributed by atoms with E-state index >= 15 is 0 Å². The number of benzene rings is 1. The molecule has 0 bridgehead atoms. The van der Waals surface area contributed by atoms with Crippen LogP contribution in [-0.2, 0) is 0 Å². The molecular weight excluding hydrogens is 375 g/mol. The first-order valence-corrected chi connectivity index (χ1v) is 9.29. The van der Waals surface area contributed by atoms with Crippen LogP contribution in [0, 0.1) is 5.82 Å². The normalized spacial score (nSPS) is 13.1. The zero-order valence-corrected chi connectivity index (χ0v) is 16.5. The maximum Gasteiger partial charge on any atom is 0.252 e. The molecule has 0 aliphatic carbocycles. The molecule has 10 heteroatoms. The van der Waals surface area contributed by atoms with Crippen LogP contribution in [0.5, 0.6) is 0 Å². The molecule has 0 radical (unpaired) electrons. The molecule has 0 saturated heterocycles. The van der Waals surface area contributed by atoms with Gasteiger partial charge in [0.15, 0.2) is 17.5 Å². The highest BCUT2D eigenvalue weighted by molar-refractivity contribution is 5.99. The first kappa shape index (κ1) is 20.3. The number of nitrogens with one attached hydrogen (secondary N) is 4. The zero-order valence-electron chi connectivity index (χ0n) is 16.5. The van der Waals surface area contributed by atoms with Crippen molar-refractivity contribution in [3.63, 3.8) is 0 Å². The number of rotatable bonds is 8. The Morgan fingerprint density at radius 2 is 2.03 bits per heavy atom. The molecule has 1 amide bonds. The number of halogens is 1. The Morgan fingerprint density at radius 1 is 1.28 bits per heavy atom. The minimum Gasteiger partial charge on any atom is -0.371 e. The number of aromatic amines is 1. The zero-order chi connectivity index (χ0) is 21.1. The van der Waals surface area contributed by atoms with Crippen LogP contribution in [0.25, 0.3) is 10.9 Å². The molecule has 154 valence electrons. The van der Waals surface area contributed by atoms with Crippen LogP contribution < -0.4 is 27.4 Å². The van der Waals surface area contributed by atoms with Gasteiger partial charge in [0.25, 0.3) is 5.91 Å². The van der Waals surface area contributed by atoms with E-state index in [1.807, 2.05) is 26.0 Å². The van der Waals surface area contributed by atoms with Crippen LogP contribution in [0.15, 0.2) is 24.3 Å². The van der Waals surface area contributed by atoms with Gasteiger partial charge in [0.1, 0.15) is 5.82 Å². The van der Waals surface area contributed by atoms with Crippen molar-refractivity contribution in [1.29, 1.82) is 0 Å². The van der Waals surface area contributed by atoms with Crippen molar-refractivity contribution in [3.8, 4) is 0 Å². The first-order valence-electron chi connectivity index (χ1n) is 9.29. The summed E-state index contributed by atoms with van der Waals surface area (Å²) in [7, 11) is 1.77. The average Bonchev–Trinajstić information content (AvgIpc) is 3.11. The van der Waals surface area contributed by atoms with Crippen molar-refractivity contribution >= 4 is 40.0 Å². The lowest BCUT2D eigenvalue weighted by Gasteiger charge is -2.21. The summed E-state index contributed by atoms with van der Waals surface area (Å²) in [5, 5.41) is 16.9. The van der Waals surface area contributed by atoms with Crippen molar-refractivity contribution in [2.24, 2.45) is 11.5 Å². The Hall–Kier alpha value is -3.40. The van der Waals surface area contributed by atoms with Crippen LogP contribution in [-0.4, -0.2) is 40.2 Å². The first-order chi connectivity index (χ1) is 13.8. The second kappa shape index (κ2) is 8.31. The van der Waals surface area contributed by atoms with Gasteiger partial charge in [-0.3, -0.25) is 9.89 Å². The standard InChI is InChI=1S/C19H25FN8O/c1-4-14(21)9(2)24-19-13(20)8-12(16(22)29)18(26-19)25-10-5-6-15-11(7-10)17(23-3)28-27-15/h5-9,14H,4,21H2,1-3H3,(H2,22,29)(H2,23,27,28)(H2,24,25,26)/t9-,14+/m1/s1. The maximum atomic E-state index is 14.5. The summed E-state index contributed by atoms with van der Waals surface area (Å²) in [4.78, 5) is 16.1. The topological polar surface area (TPSA) is 147 Å². The van der Waals surface area contributed by atoms with E-state index in [0.717, 1.165) is 23.4 Å². The minimum absolute atomic E-state index is 0.00537. The lowest BCUT2D eigenvalue weighted by atomic mass is 10.1. The molecule has 8 N–H and O–H groups in total. The summed E-state index contributed by atoms with van der Waals surface area (Å²) < 4.78 is 14.5. The average molecular weight is 400 g/mol. The predicted octanol–water partition coefficient (Wildman–Crippen LogP) is 2.52. The van der Waals surface area contributed by atoms with Crippen molar-refractivity contribution < 1.29 is 9.18 Å². The van der Waals surface area contributed by atoms with E-state index in [1.54, 1.807) is 13.1 Å². The van der Waals surface area contributed by atoms with Gasteiger partial charge in [-0.05, 0) is 37.6 Å². The molecule has 2 aromatic heterocycles. The van der Waals surface area contributed by atoms with Gasteiger partial charge in [-0.1, -0.05) is 6.92 Å². The summed E-state index contributed by atoms with van der Waals surface area (Å²) in [5.74, 6) is -0.649. The molecule has 9 nitrogen and oxygen atoms in total. The van der Waals surface area contributed by atoms with Crippen LogP contribution in [0.4, 0.5) is 27.5 Å². The van der Waals surface area contributed by atoms with Gasteiger partial charge in [0.2, 0.25) is 0 Å².